The van der Waals surface area contributed by atoms with Gasteiger partial charge in [-0.25, -0.2) is 9.78 Å². The van der Waals surface area contributed by atoms with Crippen LogP contribution in [0.4, 0.5) is 9.93 Å². The van der Waals surface area contributed by atoms with Gasteiger partial charge in [0.15, 0.2) is 5.13 Å². The summed E-state index contributed by atoms with van der Waals surface area (Å²) >= 11 is 1.34. The van der Waals surface area contributed by atoms with Gasteiger partial charge in [-0.2, -0.15) is 0 Å². The number of thiazole rings is 1. The van der Waals surface area contributed by atoms with Gasteiger partial charge in [0.2, 0.25) is 0 Å². The van der Waals surface area contributed by atoms with Crippen molar-refractivity contribution in [2.75, 3.05) is 18.4 Å². The number of carboxylic acids is 1. The Labute approximate surface area is 115 Å². The van der Waals surface area contributed by atoms with Gasteiger partial charge in [-0.15, -0.1) is 11.3 Å². The van der Waals surface area contributed by atoms with Gasteiger partial charge in [0.05, 0.1) is 5.41 Å². The number of urea groups is 1. The maximum Gasteiger partial charge on any atom is 0.323 e. The van der Waals surface area contributed by atoms with E-state index in [0.29, 0.717) is 18.1 Å². The first-order valence-corrected chi connectivity index (χ1v) is 7.02. The summed E-state index contributed by atoms with van der Waals surface area (Å²) in [7, 11) is 0. The van der Waals surface area contributed by atoms with Gasteiger partial charge in [-0.05, 0) is 12.3 Å². The Hall–Kier alpha value is -1.63. The highest BCUT2D eigenvalue weighted by molar-refractivity contribution is 7.13. The van der Waals surface area contributed by atoms with Crippen LogP contribution < -0.4 is 5.32 Å². The number of hydrogen-bond acceptors (Lipinski definition) is 4. The summed E-state index contributed by atoms with van der Waals surface area (Å²) in [6.07, 6.45) is 2.10. The molecule has 0 bridgehead atoms. The Balaban J connectivity index is 2.05. The Morgan fingerprint density at radius 2 is 2.32 bits per heavy atom. The molecule has 2 heterocycles. The zero-order valence-corrected chi connectivity index (χ0v) is 11.7. The molecule has 1 aliphatic heterocycles. The van der Waals surface area contributed by atoms with Gasteiger partial charge in [0.25, 0.3) is 0 Å². The number of nitrogens with zero attached hydrogens (tertiary/aromatic N) is 2. The summed E-state index contributed by atoms with van der Waals surface area (Å²) in [5.74, 6) is -0.838. The normalized spacial score (nSPS) is 22.8. The first-order valence-electron chi connectivity index (χ1n) is 6.14. The van der Waals surface area contributed by atoms with E-state index in [1.165, 1.54) is 11.3 Å². The van der Waals surface area contributed by atoms with Crippen LogP contribution in [-0.2, 0) is 4.79 Å². The lowest BCUT2D eigenvalue weighted by Gasteiger charge is -2.28. The van der Waals surface area contributed by atoms with Crippen LogP contribution in [0.15, 0.2) is 11.6 Å². The lowest BCUT2D eigenvalue weighted by molar-refractivity contribution is -0.150. The third-order valence-electron chi connectivity index (χ3n) is 3.77. The predicted octanol–water partition coefficient (Wildman–Crippen LogP) is 2.11. The molecule has 19 heavy (non-hydrogen) atoms. The smallest absolute Gasteiger partial charge is 0.323 e. The summed E-state index contributed by atoms with van der Waals surface area (Å²) < 4.78 is 0. The summed E-state index contributed by atoms with van der Waals surface area (Å²) in [6, 6.07) is -0.279. The average Bonchev–Trinajstić information content (AvgIpc) is 2.97. The van der Waals surface area contributed by atoms with E-state index in [1.807, 2.05) is 13.8 Å². The molecule has 0 radical (unpaired) electrons. The van der Waals surface area contributed by atoms with Crippen LogP contribution in [0.5, 0.6) is 0 Å². The molecule has 104 valence electrons. The number of aliphatic carboxylic acids is 1. The Bertz CT molecular complexity index is 475. The van der Waals surface area contributed by atoms with Gasteiger partial charge in [0.1, 0.15) is 0 Å². The zero-order chi connectivity index (χ0) is 14.0. The summed E-state index contributed by atoms with van der Waals surface area (Å²) in [6.45, 7) is 4.48. The number of hydrogen-bond donors (Lipinski definition) is 2. The van der Waals surface area contributed by atoms with Gasteiger partial charge in [-0.1, -0.05) is 13.8 Å². The fraction of sp³-hybridized carbons (Fsp3) is 0.583. The molecule has 7 heteroatoms. The number of carboxylic acid groups (broad SMARTS) is 1. The molecule has 0 aliphatic carbocycles. The molecule has 1 aliphatic rings. The van der Waals surface area contributed by atoms with Crippen molar-refractivity contribution in [3.8, 4) is 0 Å². The van der Waals surface area contributed by atoms with E-state index in [4.69, 9.17) is 0 Å². The number of amides is 2. The van der Waals surface area contributed by atoms with Crippen LogP contribution in [-0.4, -0.2) is 40.1 Å². The van der Waals surface area contributed by atoms with Crippen molar-refractivity contribution in [1.82, 2.24) is 9.88 Å². The third-order valence-corrected chi connectivity index (χ3v) is 4.45. The van der Waals surface area contributed by atoms with E-state index >= 15 is 0 Å². The highest BCUT2D eigenvalue weighted by Crippen LogP contribution is 2.38. The summed E-state index contributed by atoms with van der Waals surface area (Å²) in [5.41, 5.74) is -0.833. The number of carbonyl (C=O) groups is 2. The molecule has 1 aromatic rings. The molecule has 1 saturated heterocycles. The van der Waals surface area contributed by atoms with Gasteiger partial charge < -0.3 is 10.0 Å². The van der Waals surface area contributed by atoms with Crippen LogP contribution in [0.1, 0.15) is 20.3 Å². The Morgan fingerprint density at radius 1 is 1.58 bits per heavy atom. The second-order valence-corrected chi connectivity index (χ2v) is 5.95. The van der Waals surface area contributed by atoms with E-state index in [2.05, 4.69) is 10.3 Å². The van der Waals surface area contributed by atoms with Crippen molar-refractivity contribution >= 4 is 28.5 Å². The number of rotatable bonds is 3. The number of anilines is 1. The molecular weight excluding hydrogens is 266 g/mol. The van der Waals surface area contributed by atoms with Crippen LogP contribution in [0.2, 0.25) is 0 Å². The maximum absolute atomic E-state index is 12.0. The standard InChI is InChI=1S/C12H17N3O3S/c1-8(2)12(9(16)17)3-5-15(7-12)11(18)14-10-13-4-6-19-10/h4,6,8H,3,5,7H2,1-2H3,(H,16,17)(H,13,14,18). The lowest BCUT2D eigenvalue weighted by atomic mass is 9.76. The molecular formula is C12H17N3O3S. The highest BCUT2D eigenvalue weighted by Gasteiger charge is 2.48. The van der Waals surface area contributed by atoms with Crippen LogP contribution in [0.25, 0.3) is 0 Å². The first kappa shape index (κ1) is 13.8. The number of nitrogens with one attached hydrogen (secondary N) is 1. The monoisotopic (exact) mass is 283 g/mol. The lowest BCUT2D eigenvalue weighted by Crippen LogP contribution is -2.41. The highest BCUT2D eigenvalue weighted by atomic mass is 32.1. The van der Waals surface area contributed by atoms with E-state index in [-0.39, 0.29) is 18.5 Å². The van der Waals surface area contributed by atoms with Crippen molar-refractivity contribution in [2.45, 2.75) is 20.3 Å². The van der Waals surface area contributed by atoms with Crippen molar-refractivity contribution in [2.24, 2.45) is 11.3 Å². The van der Waals surface area contributed by atoms with E-state index in [0.717, 1.165) is 0 Å². The molecule has 1 fully saturated rings. The van der Waals surface area contributed by atoms with Crippen LogP contribution in [0, 0.1) is 11.3 Å². The van der Waals surface area contributed by atoms with E-state index in [9.17, 15) is 14.7 Å². The van der Waals surface area contributed by atoms with Gasteiger partial charge in [-0.3, -0.25) is 10.1 Å². The largest absolute Gasteiger partial charge is 0.481 e. The van der Waals surface area contributed by atoms with Gasteiger partial charge in [0, 0.05) is 24.7 Å². The van der Waals surface area contributed by atoms with Crippen molar-refractivity contribution in [3.05, 3.63) is 11.6 Å². The summed E-state index contributed by atoms with van der Waals surface area (Å²) in [5, 5.41) is 14.4. The predicted molar refractivity (Wildman–Crippen MR) is 72.2 cm³/mol. The van der Waals surface area contributed by atoms with Crippen LogP contribution in [0.3, 0.4) is 0 Å². The average molecular weight is 283 g/mol. The Kier molecular flexibility index (Phi) is 3.75. The number of likely N-dealkylation sites (tertiary alicyclic amines) is 1. The van der Waals surface area contributed by atoms with Crippen molar-refractivity contribution in [3.63, 3.8) is 0 Å². The minimum Gasteiger partial charge on any atom is -0.481 e. The molecule has 1 unspecified atom stereocenters. The zero-order valence-electron chi connectivity index (χ0n) is 10.9. The number of carbonyl (C=O) groups excluding carboxylic acids is 1. The second-order valence-electron chi connectivity index (χ2n) is 5.05. The number of aromatic nitrogens is 1. The van der Waals surface area contributed by atoms with Crippen molar-refractivity contribution in [1.29, 1.82) is 0 Å². The van der Waals surface area contributed by atoms with Crippen LogP contribution >= 0.6 is 11.3 Å². The summed E-state index contributed by atoms with van der Waals surface area (Å²) in [4.78, 5) is 29.0. The molecule has 6 nitrogen and oxygen atoms in total. The SMILES string of the molecule is CC(C)C1(C(=O)O)CCN(C(=O)Nc2nccs2)C1. The molecule has 0 saturated carbocycles. The third kappa shape index (κ3) is 2.56. The topological polar surface area (TPSA) is 82.5 Å². The molecule has 2 rings (SSSR count). The Morgan fingerprint density at radius 3 is 2.79 bits per heavy atom. The quantitative estimate of drug-likeness (QED) is 0.890. The van der Waals surface area contributed by atoms with E-state index < -0.39 is 11.4 Å². The molecule has 2 N–H and O–H groups in total. The minimum atomic E-state index is -0.833. The first-order chi connectivity index (χ1) is 8.95. The molecule has 0 aromatic carbocycles. The molecule has 1 aromatic heterocycles. The van der Waals surface area contributed by atoms with Gasteiger partial charge >= 0.3 is 12.0 Å². The molecule has 1 atom stereocenters. The fourth-order valence-electron chi connectivity index (χ4n) is 2.35. The molecule has 0 spiro atoms. The maximum atomic E-state index is 12.0. The minimum absolute atomic E-state index is 0.0114. The molecule has 2 amide bonds. The van der Waals surface area contributed by atoms with Crippen molar-refractivity contribution < 1.29 is 14.7 Å². The fourth-order valence-corrected chi connectivity index (χ4v) is 2.87. The van der Waals surface area contributed by atoms with E-state index in [1.54, 1.807) is 16.5 Å². The second kappa shape index (κ2) is 5.16.